The van der Waals surface area contributed by atoms with Crippen LogP contribution < -0.4 is 0 Å². The Bertz CT molecular complexity index is 423. The molecule has 0 aromatic carbocycles. The van der Waals surface area contributed by atoms with Crippen molar-refractivity contribution in [2.24, 2.45) is 5.41 Å². The zero-order chi connectivity index (χ0) is 15.5. The van der Waals surface area contributed by atoms with Crippen LogP contribution in [0, 0.1) is 5.41 Å². The molecule has 21 heavy (non-hydrogen) atoms. The Balaban J connectivity index is 1.92. The fourth-order valence-electron chi connectivity index (χ4n) is 3.20. The molecule has 0 saturated carbocycles. The summed E-state index contributed by atoms with van der Waals surface area (Å²) in [5, 5.41) is 9.47. The summed E-state index contributed by atoms with van der Waals surface area (Å²) in [5.74, 6) is 0.369. The zero-order valence-electron chi connectivity index (χ0n) is 12.5. The summed E-state index contributed by atoms with van der Waals surface area (Å²) in [4.78, 5) is 27.4. The van der Waals surface area contributed by atoms with Crippen molar-refractivity contribution in [3.05, 3.63) is 0 Å². The molecule has 6 nitrogen and oxygen atoms in total. The minimum absolute atomic E-state index is 0.0258. The second kappa shape index (κ2) is 6.77. The van der Waals surface area contributed by atoms with Gasteiger partial charge in [0.05, 0.1) is 5.41 Å². The Hall–Kier alpha value is -1.11. The molecule has 2 heterocycles. The number of nitrogens with zero attached hydrogens (tertiary/aromatic N) is 2. The Labute approximate surface area is 127 Å². The van der Waals surface area contributed by atoms with Crippen LogP contribution in [0.5, 0.6) is 0 Å². The first-order valence-corrected chi connectivity index (χ1v) is 9.09. The van der Waals surface area contributed by atoms with Gasteiger partial charge in [-0.25, -0.2) is 4.79 Å². The van der Waals surface area contributed by atoms with E-state index in [0.29, 0.717) is 56.9 Å². The van der Waals surface area contributed by atoms with E-state index in [2.05, 4.69) is 0 Å². The molecule has 0 radical (unpaired) electrons. The van der Waals surface area contributed by atoms with Crippen molar-refractivity contribution in [1.82, 2.24) is 9.80 Å². The molecule has 0 aliphatic carbocycles. The topological polar surface area (TPSA) is 77.9 Å². The maximum Gasteiger partial charge on any atom is 0.320 e. The van der Waals surface area contributed by atoms with Crippen LogP contribution in [-0.2, 0) is 15.6 Å². The number of hydrogen-bond donors (Lipinski definition) is 1. The van der Waals surface area contributed by atoms with Gasteiger partial charge >= 0.3 is 12.0 Å². The molecule has 0 spiro atoms. The van der Waals surface area contributed by atoms with E-state index in [1.807, 2.05) is 6.92 Å². The SMILES string of the molecule is CCCC1(C(=O)O)CCN(C(=O)N2CCS(=O)CC2)CC1. The summed E-state index contributed by atoms with van der Waals surface area (Å²) in [6.07, 6.45) is 2.58. The van der Waals surface area contributed by atoms with Gasteiger partial charge < -0.3 is 14.9 Å². The molecular weight excluding hydrogens is 292 g/mol. The van der Waals surface area contributed by atoms with Gasteiger partial charge in [-0.05, 0) is 19.3 Å². The van der Waals surface area contributed by atoms with E-state index in [4.69, 9.17) is 0 Å². The molecule has 0 aromatic rings. The number of amides is 2. The molecule has 120 valence electrons. The number of likely N-dealkylation sites (tertiary alicyclic amines) is 1. The van der Waals surface area contributed by atoms with Crippen LogP contribution in [0.4, 0.5) is 4.79 Å². The first-order valence-electron chi connectivity index (χ1n) is 7.61. The number of carboxylic acids is 1. The van der Waals surface area contributed by atoms with Gasteiger partial charge in [0.2, 0.25) is 0 Å². The van der Waals surface area contributed by atoms with Crippen LogP contribution in [0.1, 0.15) is 32.6 Å². The average molecular weight is 316 g/mol. The monoisotopic (exact) mass is 316 g/mol. The predicted octanol–water partition coefficient (Wildman–Crippen LogP) is 1.14. The molecule has 2 rings (SSSR count). The van der Waals surface area contributed by atoms with Crippen LogP contribution in [-0.4, -0.2) is 68.8 Å². The van der Waals surface area contributed by atoms with Gasteiger partial charge in [0, 0.05) is 48.5 Å². The van der Waals surface area contributed by atoms with E-state index in [1.165, 1.54) is 0 Å². The molecule has 2 amide bonds. The quantitative estimate of drug-likeness (QED) is 0.847. The van der Waals surface area contributed by atoms with Gasteiger partial charge in [-0.2, -0.15) is 0 Å². The Kier molecular flexibility index (Phi) is 5.24. The number of urea groups is 1. The second-order valence-electron chi connectivity index (χ2n) is 5.94. The number of carbonyl (C=O) groups is 2. The highest BCUT2D eigenvalue weighted by atomic mass is 32.2. The molecular formula is C14H24N2O4S. The van der Waals surface area contributed by atoms with E-state index in [1.54, 1.807) is 9.80 Å². The predicted molar refractivity (Wildman–Crippen MR) is 80.6 cm³/mol. The molecule has 0 bridgehead atoms. The van der Waals surface area contributed by atoms with Crippen molar-refractivity contribution in [2.75, 3.05) is 37.7 Å². The number of aliphatic carboxylic acids is 1. The molecule has 2 fully saturated rings. The lowest BCUT2D eigenvalue weighted by atomic mass is 9.75. The standard InChI is InChI=1S/C14H24N2O4S/c1-2-3-14(12(17)18)4-6-15(7-5-14)13(19)16-8-10-21(20)11-9-16/h2-11H2,1H3,(H,17,18). The number of piperidine rings is 1. The summed E-state index contributed by atoms with van der Waals surface area (Å²) in [5.41, 5.74) is -0.658. The van der Waals surface area contributed by atoms with Crippen molar-refractivity contribution in [3.8, 4) is 0 Å². The van der Waals surface area contributed by atoms with Crippen LogP contribution in [0.25, 0.3) is 0 Å². The van der Waals surface area contributed by atoms with Gasteiger partial charge in [-0.3, -0.25) is 9.00 Å². The van der Waals surface area contributed by atoms with Crippen LogP contribution in [0.2, 0.25) is 0 Å². The molecule has 2 aliphatic heterocycles. The van der Waals surface area contributed by atoms with Crippen molar-refractivity contribution in [1.29, 1.82) is 0 Å². The fraction of sp³-hybridized carbons (Fsp3) is 0.857. The summed E-state index contributed by atoms with van der Waals surface area (Å²) in [6.45, 7) is 4.09. The minimum atomic E-state index is -0.794. The van der Waals surface area contributed by atoms with Gasteiger partial charge in [0.1, 0.15) is 0 Å². The highest BCUT2D eigenvalue weighted by Gasteiger charge is 2.42. The Morgan fingerprint density at radius 3 is 2.10 bits per heavy atom. The van der Waals surface area contributed by atoms with Crippen molar-refractivity contribution in [3.63, 3.8) is 0 Å². The number of rotatable bonds is 3. The van der Waals surface area contributed by atoms with Crippen LogP contribution in [0.15, 0.2) is 0 Å². The summed E-state index contributed by atoms with van der Waals surface area (Å²) in [7, 11) is -0.794. The summed E-state index contributed by atoms with van der Waals surface area (Å²) in [6, 6.07) is -0.0258. The number of carbonyl (C=O) groups excluding carboxylic acids is 1. The Morgan fingerprint density at radius 1 is 1.10 bits per heavy atom. The number of hydrogen-bond acceptors (Lipinski definition) is 3. The zero-order valence-corrected chi connectivity index (χ0v) is 13.4. The third-order valence-electron chi connectivity index (χ3n) is 4.62. The Morgan fingerprint density at radius 2 is 1.62 bits per heavy atom. The van der Waals surface area contributed by atoms with Gasteiger partial charge in [-0.15, -0.1) is 0 Å². The first-order chi connectivity index (χ1) is 9.98. The van der Waals surface area contributed by atoms with Gasteiger partial charge in [0.25, 0.3) is 0 Å². The normalized spacial score (nSPS) is 23.1. The first kappa shape index (κ1) is 16.3. The van der Waals surface area contributed by atoms with Gasteiger partial charge in [-0.1, -0.05) is 13.3 Å². The summed E-state index contributed by atoms with van der Waals surface area (Å²) < 4.78 is 11.3. The van der Waals surface area contributed by atoms with Crippen molar-refractivity contribution >= 4 is 22.8 Å². The fourth-order valence-corrected chi connectivity index (χ4v) is 4.26. The third-order valence-corrected chi connectivity index (χ3v) is 5.90. The molecule has 0 unspecified atom stereocenters. The molecule has 0 atom stereocenters. The highest BCUT2D eigenvalue weighted by molar-refractivity contribution is 7.85. The maximum atomic E-state index is 12.4. The smallest absolute Gasteiger partial charge is 0.320 e. The lowest BCUT2D eigenvalue weighted by Gasteiger charge is -2.41. The van der Waals surface area contributed by atoms with E-state index in [0.717, 1.165) is 6.42 Å². The van der Waals surface area contributed by atoms with Crippen molar-refractivity contribution in [2.45, 2.75) is 32.6 Å². The van der Waals surface area contributed by atoms with Crippen LogP contribution in [0.3, 0.4) is 0 Å². The lowest BCUT2D eigenvalue weighted by molar-refractivity contribution is -0.152. The maximum absolute atomic E-state index is 12.4. The largest absolute Gasteiger partial charge is 0.481 e. The van der Waals surface area contributed by atoms with E-state index in [9.17, 15) is 18.9 Å². The van der Waals surface area contributed by atoms with Crippen LogP contribution >= 0.6 is 0 Å². The molecule has 0 aromatic heterocycles. The highest BCUT2D eigenvalue weighted by Crippen LogP contribution is 2.36. The molecule has 2 saturated heterocycles. The third kappa shape index (κ3) is 3.56. The molecule has 1 N–H and O–H groups in total. The van der Waals surface area contributed by atoms with E-state index >= 15 is 0 Å². The number of carboxylic acid groups (broad SMARTS) is 1. The van der Waals surface area contributed by atoms with Crippen molar-refractivity contribution < 1.29 is 18.9 Å². The van der Waals surface area contributed by atoms with Gasteiger partial charge in [0.15, 0.2) is 0 Å². The summed E-state index contributed by atoms with van der Waals surface area (Å²) >= 11 is 0. The lowest BCUT2D eigenvalue weighted by Crippen LogP contribution is -2.53. The second-order valence-corrected chi connectivity index (χ2v) is 7.64. The van der Waals surface area contributed by atoms with E-state index < -0.39 is 22.2 Å². The minimum Gasteiger partial charge on any atom is -0.481 e. The van der Waals surface area contributed by atoms with E-state index in [-0.39, 0.29) is 6.03 Å². The average Bonchev–Trinajstić information content (AvgIpc) is 2.48. The molecule has 2 aliphatic rings. The molecule has 7 heteroatoms.